The first-order valence-corrected chi connectivity index (χ1v) is 4.70. The van der Waals surface area contributed by atoms with Gasteiger partial charge in [-0.1, -0.05) is 33.1 Å². The minimum atomic E-state index is 1.03. The van der Waals surface area contributed by atoms with Gasteiger partial charge in [-0.25, -0.2) is 0 Å². The Morgan fingerprint density at radius 2 is 2.20 bits per heavy atom. The Kier molecular flexibility index (Phi) is 3.24. The van der Waals surface area contributed by atoms with Crippen molar-refractivity contribution in [3.8, 4) is 0 Å². The molecule has 1 aliphatic rings. The van der Waals surface area contributed by atoms with E-state index in [0.29, 0.717) is 0 Å². The lowest BCUT2D eigenvalue weighted by atomic mass is 9.79. The van der Waals surface area contributed by atoms with Gasteiger partial charge >= 0.3 is 0 Å². The van der Waals surface area contributed by atoms with E-state index in [1.165, 1.54) is 38.5 Å². The molecule has 1 fully saturated rings. The molecular formula is C10H19. The van der Waals surface area contributed by atoms with Crippen molar-refractivity contribution in [1.82, 2.24) is 0 Å². The lowest BCUT2D eigenvalue weighted by molar-refractivity contribution is 0.363. The van der Waals surface area contributed by atoms with Gasteiger partial charge in [0.15, 0.2) is 0 Å². The van der Waals surface area contributed by atoms with Gasteiger partial charge in [-0.15, -0.1) is 0 Å². The maximum absolute atomic E-state index is 2.32. The van der Waals surface area contributed by atoms with Crippen LogP contribution in [0.15, 0.2) is 0 Å². The second-order valence-electron chi connectivity index (χ2n) is 3.47. The Bertz CT molecular complexity index is 76.0. The normalized spacial score (nSPS) is 28.8. The van der Waals surface area contributed by atoms with Crippen molar-refractivity contribution in [2.75, 3.05) is 0 Å². The number of hydrogen-bond acceptors (Lipinski definition) is 0. The van der Waals surface area contributed by atoms with Crippen molar-refractivity contribution in [3.63, 3.8) is 0 Å². The first-order valence-electron chi connectivity index (χ1n) is 4.70. The number of rotatable bonds is 2. The highest BCUT2D eigenvalue weighted by atomic mass is 14.2. The van der Waals surface area contributed by atoms with E-state index < -0.39 is 0 Å². The second kappa shape index (κ2) is 4.00. The van der Waals surface area contributed by atoms with Crippen LogP contribution >= 0.6 is 0 Å². The molecular weight excluding hydrogens is 120 g/mol. The Hall–Kier alpha value is 0. The van der Waals surface area contributed by atoms with E-state index in [9.17, 15) is 0 Å². The Labute approximate surface area is 65.0 Å². The number of hydrogen-bond donors (Lipinski definition) is 0. The van der Waals surface area contributed by atoms with E-state index >= 15 is 0 Å². The SMILES string of the molecule is CC[C]1CCCC(CC)C1. The van der Waals surface area contributed by atoms with Crippen LogP contribution in [-0.2, 0) is 0 Å². The zero-order valence-electron chi connectivity index (χ0n) is 7.32. The Morgan fingerprint density at radius 1 is 1.40 bits per heavy atom. The van der Waals surface area contributed by atoms with E-state index in [1.807, 2.05) is 5.92 Å². The molecule has 0 amide bonds. The van der Waals surface area contributed by atoms with Gasteiger partial charge in [0.2, 0.25) is 0 Å². The van der Waals surface area contributed by atoms with Crippen LogP contribution in [0.25, 0.3) is 0 Å². The highest BCUT2D eigenvalue weighted by Crippen LogP contribution is 2.33. The van der Waals surface area contributed by atoms with Crippen LogP contribution in [0.1, 0.15) is 52.4 Å². The summed E-state index contributed by atoms with van der Waals surface area (Å²) < 4.78 is 0. The molecule has 1 saturated carbocycles. The molecule has 59 valence electrons. The van der Waals surface area contributed by atoms with Crippen molar-refractivity contribution in [1.29, 1.82) is 0 Å². The fourth-order valence-electron chi connectivity index (χ4n) is 1.92. The Morgan fingerprint density at radius 3 is 2.80 bits per heavy atom. The molecule has 1 atom stereocenters. The predicted molar refractivity (Wildman–Crippen MR) is 45.8 cm³/mol. The van der Waals surface area contributed by atoms with Crippen LogP contribution in [0.3, 0.4) is 0 Å². The van der Waals surface area contributed by atoms with Crippen LogP contribution in [0.4, 0.5) is 0 Å². The summed E-state index contributed by atoms with van der Waals surface area (Å²) in [6.07, 6.45) is 8.53. The third-order valence-corrected chi connectivity index (χ3v) is 2.80. The first kappa shape index (κ1) is 8.10. The van der Waals surface area contributed by atoms with Gasteiger partial charge in [0.25, 0.3) is 0 Å². The summed E-state index contributed by atoms with van der Waals surface area (Å²) in [5, 5.41) is 0. The third kappa shape index (κ3) is 2.00. The van der Waals surface area contributed by atoms with E-state index in [2.05, 4.69) is 13.8 Å². The molecule has 0 heteroatoms. The summed E-state index contributed by atoms with van der Waals surface area (Å²) in [5.41, 5.74) is 0. The average Bonchev–Trinajstić information content (AvgIpc) is 2.05. The van der Waals surface area contributed by atoms with Crippen molar-refractivity contribution in [2.45, 2.75) is 52.4 Å². The minimum absolute atomic E-state index is 1.03. The van der Waals surface area contributed by atoms with Crippen molar-refractivity contribution in [2.24, 2.45) is 5.92 Å². The summed E-state index contributed by atoms with van der Waals surface area (Å²) in [6, 6.07) is 0. The zero-order chi connectivity index (χ0) is 7.40. The zero-order valence-corrected chi connectivity index (χ0v) is 7.32. The maximum atomic E-state index is 2.32. The van der Waals surface area contributed by atoms with E-state index in [4.69, 9.17) is 0 Å². The molecule has 1 unspecified atom stereocenters. The van der Waals surface area contributed by atoms with Gasteiger partial charge in [0, 0.05) is 0 Å². The molecule has 0 aromatic rings. The van der Waals surface area contributed by atoms with Crippen molar-refractivity contribution in [3.05, 3.63) is 5.92 Å². The quantitative estimate of drug-likeness (QED) is 0.548. The van der Waals surface area contributed by atoms with Gasteiger partial charge in [-0.05, 0) is 31.1 Å². The molecule has 1 rings (SSSR count). The smallest absolute Gasteiger partial charge is 0.0241 e. The van der Waals surface area contributed by atoms with Gasteiger partial charge in [-0.3, -0.25) is 0 Å². The van der Waals surface area contributed by atoms with E-state index in [1.54, 1.807) is 0 Å². The van der Waals surface area contributed by atoms with Crippen molar-refractivity contribution >= 4 is 0 Å². The highest BCUT2D eigenvalue weighted by Gasteiger charge is 2.18. The van der Waals surface area contributed by atoms with Gasteiger partial charge in [0.1, 0.15) is 0 Å². The molecule has 0 spiro atoms. The summed E-state index contributed by atoms with van der Waals surface area (Å²) in [6.45, 7) is 4.62. The standard InChI is InChI=1S/C10H19/c1-3-9-6-5-7-10(4-2)8-9/h9H,3-8H2,1-2H3. The summed E-state index contributed by atoms with van der Waals surface area (Å²) in [7, 11) is 0. The summed E-state index contributed by atoms with van der Waals surface area (Å²) in [5.74, 6) is 2.85. The second-order valence-corrected chi connectivity index (χ2v) is 3.47. The topological polar surface area (TPSA) is 0 Å². The third-order valence-electron chi connectivity index (χ3n) is 2.80. The molecule has 0 aromatic heterocycles. The minimum Gasteiger partial charge on any atom is -0.0651 e. The maximum Gasteiger partial charge on any atom is -0.0241 e. The monoisotopic (exact) mass is 139 g/mol. The molecule has 0 nitrogen and oxygen atoms in total. The summed E-state index contributed by atoms with van der Waals surface area (Å²) >= 11 is 0. The molecule has 1 radical (unpaired) electrons. The first-order chi connectivity index (χ1) is 4.86. The molecule has 10 heavy (non-hydrogen) atoms. The molecule has 1 aliphatic carbocycles. The predicted octanol–water partition coefficient (Wildman–Crippen LogP) is 3.57. The van der Waals surface area contributed by atoms with Crippen LogP contribution < -0.4 is 0 Å². The lowest BCUT2D eigenvalue weighted by Gasteiger charge is -2.26. The average molecular weight is 139 g/mol. The van der Waals surface area contributed by atoms with Crippen LogP contribution in [0.2, 0.25) is 0 Å². The fourth-order valence-corrected chi connectivity index (χ4v) is 1.92. The molecule has 0 aromatic carbocycles. The highest BCUT2D eigenvalue weighted by molar-refractivity contribution is 4.93. The Balaban J connectivity index is 2.25. The van der Waals surface area contributed by atoms with Gasteiger partial charge in [-0.2, -0.15) is 0 Å². The van der Waals surface area contributed by atoms with Crippen LogP contribution in [-0.4, -0.2) is 0 Å². The summed E-state index contributed by atoms with van der Waals surface area (Å²) in [4.78, 5) is 0. The largest absolute Gasteiger partial charge is 0.0651 e. The van der Waals surface area contributed by atoms with Gasteiger partial charge in [0.05, 0.1) is 0 Å². The molecule has 0 aliphatic heterocycles. The van der Waals surface area contributed by atoms with E-state index in [-0.39, 0.29) is 0 Å². The molecule has 0 heterocycles. The molecule has 0 saturated heterocycles. The van der Waals surface area contributed by atoms with E-state index in [0.717, 1.165) is 5.92 Å². The van der Waals surface area contributed by atoms with Crippen molar-refractivity contribution < 1.29 is 0 Å². The molecule has 0 N–H and O–H groups in total. The van der Waals surface area contributed by atoms with Crippen LogP contribution in [0, 0.1) is 11.8 Å². The lowest BCUT2D eigenvalue weighted by Crippen LogP contribution is -2.12. The van der Waals surface area contributed by atoms with Gasteiger partial charge < -0.3 is 0 Å². The van der Waals surface area contributed by atoms with Crippen LogP contribution in [0.5, 0.6) is 0 Å². The fraction of sp³-hybridized carbons (Fsp3) is 0.900. The molecule has 0 bridgehead atoms.